The van der Waals surface area contributed by atoms with Gasteiger partial charge in [0.1, 0.15) is 13.2 Å². The number of likely N-dealkylation sites (N-methyl/N-ethyl adjacent to an activating group) is 1. The molecule has 1 aliphatic rings. The van der Waals surface area contributed by atoms with Gasteiger partial charge in [-0.25, -0.2) is 0 Å². The number of rotatable bonds is 3. The molecule has 4 nitrogen and oxygen atoms in total. The maximum Gasteiger partial charge on any atom is 0.161 e. The number of fused-ring (bicyclic) bond motifs is 1. The fourth-order valence-electron chi connectivity index (χ4n) is 2.32. The Hall–Kier alpha value is -1.26. The van der Waals surface area contributed by atoms with E-state index in [1.54, 1.807) is 0 Å². The molecule has 2 unspecified atom stereocenters. The smallest absolute Gasteiger partial charge is 0.161 e. The van der Waals surface area contributed by atoms with Gasteiger partial charge in [-0.3, -0.25) is 0 Å². The Bertz CT molecular complexity index is 383. The van der Waals surface area contributed by atoms with Crippen LogP contribution in [0.5, 0.6) is 11.5 Å². The van der Waals surface area contributed by atoms with Crippen LogP contribution in [-0.2, 0) is 0 Å². The van der Waals surface area contributed by atoms with E-state index < -0.39 is 0 Å². The van der Waals surface area contributed by atoms with E-state index in [-0.39, 0.29) is 12.1 Å². The van der Waals surface area contributed by atoms with Crippen molar-refractivity contribution in [3.63, 3.8) is 0 Å². The summed E-state index contributed by atoms with van der Waals surface area (Å²) < 4.78 is 11.1. The van der Waals surface area contributed by atoms with Gasteiger partial charge in [-0.1, -0.05) is 6.07 Å². The van der Waals surface area contributed by atoms with E-state index in [0.717, 1.165) is 17.1 Å². The molecule has 0 aliphatic carbocycles. The maximum atomic E-state index is 6.03. The van der Waals surface area contributed by atoms with Crippen molar-refractivity contribution in [2.45, 2.75) is 19.0 Å². The van der Waals surface area contributed by atoms with Crippen LogP contribution in [0.15, 0.2) is 18.2 Å². The van der Waals surface area contributed by atoms with Crippen molar-refractivity contribution < 1.29 is 9.47 Å². The summed E-state index contributed by atoms with van der Waals surface area (Å²) in [6.07, 6.45) is 0. The highest BCUT2D eigenvalue weighted by atomic mass is 16.6. The molecule has 2 rings (SSSR count). The third kappa shape index (κ3) is 2.53. The molecule has 2 N–H and O–H groups in total. The first-order valence-corrected chi connectivity index (χ1v) is 5.91. The van der Waals surface area contributed by atoms with Crippen LogP contribution in [0, 0.1) is 0 Å². The van der Waals surface area contributed by atoms with Crippen LogP contribution in [-0.4, -0.2) is 38.3 Å². The molecule has 94 valence electrons. The molecule has 4 heteroatoms. The number of nitrogens with two attached hydrogens (primary N) is 1. The van der Waals surface area contributed by atoms with Crippen LogP contribution < -0.4 is 15.2 Å². The standard InChI is InChI=1S/C13H20N2O2/c1-9(14)13(15(2)3)10-4-5-11-12(8-10)17-7-6-16-11/h4-5,8-9,13H,6-7,14H2,1-3H3. The van der Waals surface area contributed by atoms with Crippen molar-refractivity contribution in [3.05, 3.63) is 23.8 Å². The van der Waals surface area contributed by atoms with Crippen LogP contribution in [0.3, 0.4) is 0 Å². The summed E-state index contributed by atoms with van der Waals surface area (Å²) in [5.74, 6) is 1.64. The Balaban J connectivity index is 2.31. The van der Waals surface area contributed by atoms with Crippen LogP contribution in [0.4, 0.5) is 0 Å². The Morgan fingerprint density at radius 2 is 1.82 bits per heavy atom. The van der Waals surface area contributed by atoms with E-state index in [4.69, 9.17) is 15.2 Å². The monoisotopic (exact) mass is 236 g/mol. The average molecular weight is 236 g/mol. The summed E-state index contributed by atoms with van der Waals surface area (Å²) in [6, 6.07) is 6.30. The second-order valence-corrected chi connectivity index (χ2v) is 4.67. The van der Waals surface area contributed by atoms with E-state index in [1.807, 2.05) is 33.2 Å². The molecule has 1 heterocycles. The van der Waals surface area contributed by atoms with E-state index in [0.29, 0.717) is 13.2 Å². The number of hydrogen-bond acceptors (Lipinski definition) is 4. The summed E-state index contributed by atoms with van der Waals surface area (Å²) in [4.78, 5) is 2.12. The van der Waals surface area contributed by atoms with Crippen LogP contribution >= 0.6 is 0 Å². The average Bonchev–Trinajstić information content (AvgIpc) is 2.28. The van der Waals surface area contributed by atoms with Crippen molar-refractivity contribution in [3.8, 4) is 11.5 Å². The van der Waals surface area contributed by atoms with E-state index >= 15 is 0 Å². The second kappa shape index (κ2) is 4.94. The Morgan fingerprint density at radius 3 is 2.41 bits per heavy atom. The highest BCUT2D eigenvalue weighted by Gasteiger charge is 2.21. The first-order chi connectivity index (χ1) is 8.09. The van der Waals surface area contributed by atoms with Gasteiger partial charge in [-0.15, -0.1) is 0 Å². The van der Waals surface area contributed by atoms with Crippen molar-refractivity contribution in [2.24, 2.45) is 5.73 Å². The van der Waals surface area contributed by atoms with Gasteiger partial charge in [0, 0.05) is 12.1 Å². The largest absolute Gasteiger partial charge is 0.486 e. The molecule has 1 aromatic carbocycles. The number of benzene rings is 1. The lowest BCUT2D eigenvalue weighted by Crippen LogP contribution is -2.35. The minimum absolute atomic E-state index is 0.0626. The predicted molar refractivity (Wildman–Crippen MR) is 67.5 cm³/mol. The summed E-state index contributed by atoms with van der Waals surface area (Å²) in [7, 11) is 4.07. The van der Waals surface area contributed by atoms with Crippen molar-refractivity contribution in [2.75, 3.05) is 27.3 Å². The molecule has 0 spiro atoms. The normalized spacial score (nSPS) is 17.9. The highest BCUT2D eigenvalue weighted by molar-refractivity contribution is 5.44. The van der Waals surface area contributed by atoms with Crippen molar-refractivity contribution in [1.29, 1.82) is 0 Å². The van der Waals surface area contributed by atoms with Crippen molar-refractivity contribution >= 4 is 0 Å². The van der Waals surface area contributed by atoms with Gasteiger partial charge in [-0.05, 0) is 38.7 Å². The lowest BCUT2D eigenvalue weighted by atomic mass is 9.99. The van der Waals surface area contributed by atoms with Gasteiger partial charge in [0.2, 0.25) is 0 Å². The highest BCUT2D eigenvalue weighted by Crippen LogP contribution is 2.34. The van der Waals surface area contributed by atoms with Crippen molar-refractivity contribution in [1.82, 2.24) is 4.90 Å². The molecular formula is C13H20N2O2. The molecular weight excluding hydrogens is 216 g/mol. The topological polar surface area (TPSA) is 47.7 Å². The first kappa shape index (κ1) is 12.2. The molecule has 1 aromatic rings. The Morgan fingerprint density at radius 1 is 1.18 bits per heavy atom. The molecule has 0 fully saturated rings. The Labute approximate surface area is 102 Å². The zero-order valence-electron chi connectivity index (χ0n) is 10.6. The minimum atomic E-state index is 0.0626. The first-order valence-electron chi connectivity index (χ1n) is 5.91. The number of ether oxygens (including phenoxy) is 2. The van der Waals surface area contributed by atoms with E-state index in [2.05, 4.69) is 11.0 Å². The maximum absolute atomic E-state index is 6.03. The lowest BCUT2D eigenvalue weighted by molar-refractivity contribution is 0.170. The van der Waals surface area contributed by atoms with E-state index in [9.17, 15) is 0 Å². The second-order valence-electron chi connectivity index (χ2n) is 4.67. The van der Waals surface area contributed by atoms with Gasteiger partial charge in [0.05, 0.1) is 0 Å². The number of nitrogens with zero attached hydrogens (tertiary/aromatic N) is 1. The summed E-state index contributed by atoms with van der Waals surface area (Å²) in [6.45, 7) is 3.25. The molecule has 0 radical (unpaired) electrons. The summed E-state index contributed by atoms with van der Waals surface area (Å²) >= 11 is 0. The molecule has 1 aliphatic heterocycles. The van der Waals surface area contributed by atoms with Gasteiger partial charge >= 0.3 is 0 Å². The molecule has 0 bridgehead atoms. The Kier molecular flexibility index (Phi) is 3.54. The zero-order valence-corrected chi connectivity index (χ0v) is 10.6. The molecule has 0 saturated carbocycles. The fourth-order valence-corrected chi connectivity index (χ4v) is 2.32. The zero-order chi connectivity index (χ0) is 12.4. The molecule has 0 aromatic heterocycles. The summed E-state index contributed by atoms with van der Waals surface area (Å²) in [5.41, 5.74) is 7.19. The quantitative estimate of drug-likeness (QED) is 0.862. The molecule has 0 saturated heterocycles. The van der Waals surface area contributed by atoms with Gasteiger partial charge < -0.3 is 20.1 Å². The molecule has 0 amide bonds. The summed E-state index contributed by atoms with van der Waals surface area (Å²) in [5, 5.41) is 0. The minimum Gasteiger partial charge on any atom is -0.486 e. The fraction of sp³-hybridized carbons (Fsp3) is 0.538. The molecule has 17 heavy (non-hydrogen) atoms. The SMILES string of the molecule is CC(N)C(c1ccc2c(c1)OCCO2)N(C)C. The number of hydrogen-bond donors (Lipinski definition) is 1. The van der Waals surface area contributed by atoms with Crippen LogP contribution in [0.1, 0.15) is 18.5 Å². The van der Waals surface area contributed by atoms with Gasteiger partial charge in [-0.2, -0.15) is 0 Å². The van der Waals surface area contributed by atoms with E-state index in [1.165, 1.54) is 0 Å². The predicted octanol–water partition coefficient (Wildman–Crippen LogP) is 1.41. The third-order valence-corrected chi connectivity index (χ3v) is 2.96. The van der Waals surface area contributed by atoms with Crippen LogP contribution in [0.2, 0.25) is 0 Å². The third-order valence-electron chi connectivity index (χ3n) is 2.96. The van der Waals surface area contributed by atoms with Gasteiger partial charge in [0.25, 0.3) is 0 Å². The van der Waals surface area contributed by atoms with Gasteiger partial charge in [0.15, 0.2) is 11.5 Å². The van der Waals surface area contributed by atoms with Crippen LogP contribution in [0.25, 0.3) is 0 Å². The lowest BCUT2D eigenvalue weighted by Gasteiger charge is -2.29. The molecule has 2 atom stereocenters.